The van der Waals surface area contributed by atoms with Crippen molar-refractivity contribution < 1.29 is 4.79 Å². The number of carbonyl (C=O) groups is 1. The number of ketones is 1. The lowest BCUT2D eigenvalue weighted by atomic mass is 9.99. The third-order valence-electron chi connectivity index (χ3n) is 3.22. The number of nitriles is 1. The van der Waals surface area contributed by atoms with Crippen LogP contribution in [0, 0.1) is 11.3 Å². The molecule has 0 aliphatic rings. The SMILES string of the molecule is N#CC(C(=O)c1cn(-c2ccccc2Cl)nn1)c1ccccn1. The number of Topliss-reactive ketones (excluding diaryl/α,β-unsaturated/α-hetero) is 1. The van der Waals surface area contributed by atoms with Crippen molar-refractivity contribution in [3.63, 3.8) is 0 Å². The van der Waals surface area contributed by atoms with Crippen molar-refractivity contribution in [3.8, 4) is 11.8 Å². The Kier molecular flexibility index (Phi) is 4.13. The van der Waals surface area contributed by atoms with Crippen molar-refractivity contribution in [2.75, 3.05) is 0 Å². The molecule has 0 spiro atoms. The number of hydrogen-bond donors (Lipinski definition) is 0. The van der Waals surface area contributed by atoms with Crippen LogP contribution in [0.15, 0.2) is 54.9 Å². The van der Waals surface area contributed by atoms with Crippen LogP contribution in [0.2, 0.25) is 5.02 Å². The van der Waals surface area contributed by atoms with E-state index in [9.17, 15) is 10.1 Å². The van der Waals surface area contributed by atoms with Gasteiger partial charge in [-0.15, -0.1) is 5.10 Å². The summed E-state index contributed by atoms with van der Waals surface area (Å²) in [5, 5.41) is 17.5. The van der Waals surface area contributed by atoms with Crippen molar-refractivity contribution in [2.45, 2.75) is 5.92 Å². The monoisotopic (exact) mass is 323 g/mol. The van der Waals surface area contributed by atoms with Gasteiger partial charge in [0, 0.05) is 6.20 Å². The Bertz CT molecular complexity index is 885. The maximum Gasteiger partial charge on any atom is 0.207 e. The molecule has 23 heavy (non-hydrogen) atoms. The van der Waals surface area contributed by atoms with Gasteiger partial charge in [0.1, 0.15) is 0 Å². The molecule has 0 radical (unpaired) electrons. The number of pyridine rings is 1. The van der Waals surface area contributed by atoms with Crippen LogP contribution in [0.3, 0.4) is 0 Å². The number of aromatic nitrogens is 4. The Morgan fingerprint density at radius 1 is 1.22 bits per heavy atom. The van der Waals surface area contributed by atoms with Crippen molar-refractivity contribution in [1.82, 2.24) is 20.0 Å². The number of benzene rings is 1. The van der Waals surface area contributed by atoms with Gasteiger partial charge in [0.05, 0.1) is 28.7 Å². The van der Waals surface area contributed by atoms with Gasteiger partial charge in [-0.2, -0.15) is 5.26 Å². The number of carbonyl (C=O) groups excluding carboxylic acids is 1. The van der Waals surface area contributed by atoms with E-state index in [2.05, 4.69) is 15.3 Å². The van der Waals surface area contributed by atoms with E-state index in [-0.39, 0.29) is 5.69 Å². The van der Waals surface area contributed by atoms with Crippen LogP contribution in [-0.2, 0) is 0 Å². The number of rotatable bonds is 4. The smallest absolute Gasteiger partial charge is 0.207 e. The lowest BCUT2D eigenvalue weighted by Crippen LogP contribution is -2.13. The summed E-state index contributed by atoms with van der Waals surface area (Å²) in [6, 6.07) is 14.1. The van der Waals surface area contributed by atoms with E-state index in [1.807, 2.05) is 6.07 Å². The van der Waals surface area contributed by atoms with E-state index in [0.29, 0.717) is 16.4 Å². The second kappa shape index (κ2) is 6.38. The fraction of sp³-hybridized carbons (Fsp3) is 0.0625. The predicted octanol–water partition coefficient (Wildman–Crippen LogP) is 2.81. The zero-order chi connectivity index (χ0) is 16.2. The number of halogens is 1. The zero-order valence-electron chi connectivity index (χ0n) is 11.8. The third-order valence-corrected chi connectivity index (χ3v) is 3.54. The third kappa shape index (κ3) is 2.96. The molecule has 0 amide bonds. The second-order valence-electron chi connectivity index (χ2n) is 4.68. The topological polar surface area (TPSA) is 84.5 Å². The average molecular weight is 324 g/mol. The minimum atomic E-state index is -1.02. The molecule has 3 rings (SSSR count). The summed E-state index contributed by atoms with van der Waals surface area (Å²) >= 11 is 6.10. The molecule has 7 heteroatoms. The lowest BCUT2D eigenvalue weighted by Gasteiger charge is -2.04. The molecular weight excluding hydrogens is 314 g/mol. The van der Waals surface area contributed by atoms with Crippen LogP contribution in [-0.4, -0.2) is 25.8 Å². The van der Waals surface area contributed by atoms with Gasteiger partial charge in [0.15, 0.2) is 11.6 Å². The standard InChI is InChI=1S/C16H10ClN5O/c17-12-5-1-2-7-15(12)22-10-14(20-21-22)16(23)11(9-18)13-6-3-4-8-19-13/h1-8,10-11H. The van der Waals surface area contributed by atoms with Crippen LogP contribution in [0.25, 0.3) is 5.69 Å². The van der Waals surface area contributed by atoms with Crippen LogP contribution >= 0.6 is 11.6 Å². The Morgan fingerprint density at radius 2 is 2.00 bits per heavy atom. The molecule has 2 heterocycles. The first-order chi connectivity index (χ1) is 11.2. The molecule has 1 aromatic carbocycles. The summed E-state index contributed by atoms with van der Waals surface area (Å²) < 4.78 is 1.41. The van der Waals surface area contributed by atoms with Gasteiger partial charge in [-0.1, -0.05) is 35.0 Å². The maximum atomic E-state index is 12.5. The summed E-state index contributed by atoms with van der Waals surface area (Å²) in [6.45, 7) is 0. The number of hydrogen-bond acceptors (Lipinski definition) is 5. The zero-order valence-corrected chi connectivity index (χ0v) is 12.6. The van der Waals surface area contributed by atoms with Gasteiger partial charge >= 0.3 is 0 Å². The molecule has 2 aromatic heterocycles. The van der Waals surface area contributed by atoms with Crippen molar-refractivity contribution in [3.05, 3.63) is 71.3 Å². The highest BCUT2D eigenvalue weighted by molar-refractivity contribution is 6.32. The van der Waals surface area contributed by atoms with Gasteiger partial charge < -0.3 is 0 Å². The molecule has 0 aliphatic heterocycles. The normalized spacial score (nSPS) is 11.7. The van der Waals surface area contributed by atoms with Crippen LogP contribution in [0.5, 0.6) is 0 Å². The quantitative estimate of drug-likeness (QED) is 0.689. The molecule has 1 atom stereocenters. The molecule has 0 aliphatic carbocycles. The van der Waals surface area contributed by atoms with Crippen LogP contribution in [0.1, 0.15) is 22.1 Å². The Hall–Kier alpha value is -3.04. The summed E-state index contributed by atoms with van der Waals surface area (Å²) in [6.07, 6.45) is 2.99. The molecule has 0 bridgehead atoms. The first kappa shape index (κ1) is 14.9. The van der Waals surface area contributed by atoms with Crippen LogP contribution < -0.4 is 0 Å². The van der Waals surface area contributed by atoms with Crippen molar-refractivity contribution in [1.29, 1.82) is 5.26 Å². The van der Waals surface area contributed by atoms with Crippen molar-refractivity contribution >= 4 is 17.4 Å². The summed E-state index contributed by atoms with van der Waals surface area (Å²) in [7, 11) is 0. The molecule has 0 N–H and O–H groups in total. The summed E-state index contributed by atoms with van der Waals surface area (Å²) in [5.41, 5.74) is 1.07. The van der Waals surface area contributed by atoms with E-state index in [0.717, 1.165) is 0 Å². The minimum absolute atomic E-state index is 0.0853. The predicted molar refractivity (Wildman–Crippen MR) is 83.3 cm³/mol. The summed E-state index contributed by atoms with van der Waals surface area (Å²) in [4.78, 5) is 16.6. The maximum absolute atomic E-state index is 12.5. The Balaban J connectivity index is 1.93. The van der Waals surface area contributed by atoms with E-state index in [1.54, 1.807) is 42.5 Å². The first-order valence-electron chi connectivity index (χ1n) is 6.72. The van der Waals surface area contributed by atoms with E-state index in [4.69, 9.17) is 11.6 Å². The van der Waals surface area contributed by atoms with Gasteiger partial charge in [-0.3, -0.25) is 9.78 Å². The van der Waals surface area contributed by atoms with Crippen LogP contribution in [0.4, 0.5) is 0 Å². The molecular formula is C16H10ClN5O. The van der Waals surface area contributed by atoms with E-state index < -0.39 is 11.7 Å². The first-order valence-corrected chi connectivity index (χ1v) is 7.10. The van der Waals surface area contributed by atoms with E-state index in [1.165, 1.54) is 17.1 Å². The minimum Gasteiger partial charge on any atom is -0.290 e. The average Bonchev–Trinajstić information content (AvgIpc) is 3.06. The van der Waals surface area contributed by atoms with E-state index >= 15 is 0 Å². The molecule has 0 saturated carbocycles. The van der Waals surface area contributed by atoms with Gasteiger partial charge in [-0.25, -0.2) is 4.68 Å². The molecule has 3 aromatic rings. The molecule has 112 valence electrons. The van der Waals surface area contributed by atoms with Crippen molar-refractivity contribution in [2.24, 2.45) is 0 Å². The molecule has 1 unspecified atom stereocenters. The molecule has 0 saturated heterocycles. The highest BCUT2D eigenvalue weighted by Crippen LogP contribution is 2.21. The fourth-order valence-electron chi connectivity index (χ4n) is 2.09. The highest BCUT2D eigenvalue weighted by Gasteiger charge is 2.25. The number of para-hydroxylation sites is 1. The largest absolute Gasteiger partial charge is 0.290 e. The molecule has 6 nitrogen and oxygen atoms in total. The van der Waals surface area contributed by atoms with Gasteiger partial charge in [0.2, 0.25) is 5.78 Å². The molecule has 0 fully saturated rings. The highest BCUT2D eigenvalue weighted by atomic mass is 35.5. The summed E-state index contributed by atoms with van der Waals surface area (Å²) in [5.74, 6) is -1.47. The second-order valence-corrected chi connectivity index (χ2v) is 5.09. The lowest BCUT2D eigenvalue weighted by molar-refractivity contribution is 0.0972. The Labute approximate surface area is 137 Å². The number of nitrogens with zero attached hydrogens (tertiary/aromatic N) is 5. The van der Waals surface area contributed by atoms with Gasteiger partial charge in [-0.05, 0) is 24.3 Å². The van der Waals surface area contributed by atoms with Gasteiger partial charge in [0.25, 0.3) is 0 Å². The fourth-order valence-corrected chi connectivity index (χ4v) is 2.31. The Morgan fingerprint density at radius 3 is 2.70 bits per heavy atom.